The fourth-order valence-electron chi connectivity index (χ4n) is 6.65. The molecule has 2 bridgehead atoms. The maximum Gasteiger partial charge on any atom is 0.408 e. The molecule has 44 heavy (non-hydrogen) atoms. The number of rotatable bonds is 3. The van der Waals surface area contributed by atoms with Gasteiger partial charge in [0.1, 0.15) is 35.5 Å². The van der Waals surface area contributed by atoms with Crippen LogP contribution in [0.25, 0.3) is 11.0 Å². The van der Waals surface area contributed by atoms with Crippen molar-refractivity contribution in [3.8, 4) is 11.6 Å². The molecule has 1 N–H and O–H groups in total. The van der Waals surface area contributed by atoms with Gasteiger partial charge in [0.05, 0.1) is 50.4 Å². The minimum Gasteiger partial charge on any atom is -0.497 e. The van der Waals surface area contributed by atoms with Crippen molar-refractivity contribution in [3.63, 3.8) is 0 Å². The number of carbonyl (C=O) groups excluding carboxylic acids is 3. The minimum atomic E-state index is -3.11. The van der Waals surface area contributed by atoms with Gasteiger partial charge < -0.3 is 34.0 Å². The molecule has 1 saturated carbocycles. The predicted octanol–water partition coefficient (Wildman–Crippen LogP) is 3.70. The summed E-state index contributed by atoms with van der Waals surface area (Å²) in [7, 11) is 1.51. The Morgan fingerprint density at radius 3 is 2.61 bits per heavy atom. The molecule has 238 valence electrons. The molecule has 2 amide bonds. The minimum absolute atomic E-state index is 0.00252. The quantitative estimate of drug-likeness (QED) is 0.513. The summed E-state index contributed by atoms with van der Waals surface area (Å²) in [6, 6.07) is 3.07. The molecular formula is C31H38F2N4O7. The van der Waals surface area contributed by atoms with E-state index in [0.717, 1.165) is 0 Å². The lowest BCUT2D eigenvalue weighted by molar-refractivity contribution is -0.157. The monoisotopic (exact) mass is 616 g/mol. The van der Waals surface area contributed by atoms with Crippen molar-refractivity contribution in [3.05, 3.63) is 23.9 Å². The van der Waals surface area contributed by atoms with Gasteiger partial charge in [-0.05, 0) is 38.3 Å². The SMILES string of the molecule is COc1ccc2nc3c(nc2c1)O[C@H]1CN(C(=O)[C@H](C2(C)COC2)NC(=O)O[C@]2(C)C[C@H]2CCCC(F)(F)C3)[C@H](C=O)[C@@H]1C. The average molecular weight is 617 g/mol. The van der Waals surface area contributed by atoms with Gasteiger partial charge in [-0.1, -0.05) is 13.8 Å². The lowest BCUT2D eigenvalue weighted by Crippen LogP contribution is -2.64. The number of nitrogens with one attached hydrogen (secondary N) is 1. The van der Waals surface area contributed by atoms with Gasteiger partial charge in [-0.15, -0.1) is 0 Å². The highest BCUT2D eigenvalue weighted by molar-refractivity contribution is 5.89. The maximum atomic E-state index is 15.4. The Labute approximate surface area is 254 Å². The van der Waals surface area contributed by atoms with E-state index in [1.165, 1.54) is 12.0 Å². The lowest BCUT2D eigenvalue weighted by Gasteiger charge is -2.44. The number of ether oxygens (including phenoxy) is 4. The Bertz CT molecular complexity index is 1470. The van der Waals surface area contributed by atoms with Crippen LogP contribution < -0.4 is 14.8 Å². The van der Waals surface area contributed by atoms with Crippen LogP contribution in [0.15, 0.2) is 18.2 Å². The molecule has 4 aliphatic rings. The Hall–Kier alpha value is -3.61. The second kappa shape index (κ2) is 11.1. The van der Waals surface area contributed by atoms with Gasteiger partial charge >= 0.3 is 6.09 Å². The molecule has 4 heterocycles. The number of benzene rings is 1. The van der Waals surface area contributed by atoms with Crippen molar-refractivity contribution in [1.29, 1.82) is 0 Å². The number of alkyl carbamates (subject to hydrolysis) is 1. The van der Waals surface area contributed by atoms with Crippen molar-refractivity contribution in [1.82, 2.24) is 20.2 Å². The lowest BCUT2D eigenvalue weighted by atomic mass is 9.79. The topological polar surface area (TPSA) is 129 Å². The van der Waals surface area contributed by atoms with Crippen LogP contribution >= 0.6 is 0 Å². The van der Waals surface area contributed by atoms with Gasteiger partial charge in [-0.3, -0.25) is 4.79 Å². The molecule has 0 spiro atoms. The standard InChI is InChI=1S/C31H38F2N4O7/c1-17-23(14-38)37-13-24(17)43-26-22(34-20-8-7-19(41-4)10-21(20)35-26)12-31(32,33)9-5-6-18-11-30(18,3)44-28(40)36-25(27(37)39)29(2)15-42-16-29/h7-8,10,14,17-18,23-25H,5-6,9,11-13,15-16H2,1-4H3,(H,36,40)/t17-,18+,23+,24-,25+,30+/m0/s1. The first kappa shape index (κ1) is 30.4. The van der Waals surface area contributed by atoms with E-state index in [1.54, 1.807) is 32.0 Å². The third kappa shape index (κ3) is 5.66. The van der Waals surface area contributed by atoms with Gasteiger partial charge in [-0.2, -0.15) is 0 Å². The third-order valence-corrected chi connectivity index (χ3v) is 9.73. The smallest absolute Gasteiger partial charge is 0.408 e. The van der Waals surface area contributed by atoms with E-state index in [1.807, 2.05) is 6.92 Å². The second-order valence-corrected chi connectivity index (χ2v) is 13.2. The number of fused-ring (bicyclic) bond motifs is 5. The van der Waals surface area contributed by atoms with Crippen LogP contribution in [0.3, 0.4) is 0 Å². The summed E-state index contributed by atoms with van der Waals surface area (Å²) in [4.78, 5) is 50.0. The third-order valence-electron chi connectivity index (χ3n) is 9.73. The number of nitrogens with zero attached hydrogens (tertiary/aromatic N) is 3. The second-order valence-electron chi connectivity index (χ2n) is 13.2. The van der Waals surface area contributed by atoms with Crippen LogP contribution in [0.4, 0.5) is 13.6 Å². The fraction of sp³-hybridized carbons (Fsp3) is 0.645. The Kier molecular flexibility index (Phi) is 7.66. The van der Waals surface area contributed by atoms with Crippen molar-refractivity contribution in [2.24, 2.45) is 17.3 Å². The summed E-state index contributed by atoms with van der Waals surface area (Å²) >= 11 is 0. The molecule has 13 heteroatoms. The summed E-state index contributed by atoms with van der Waals surface area (Å²) < 4.78 is 53.6. The summed E-state index contributed by atoms with van der Waals surface area (Å²) in [5, 5.41) is 2.75. The largest absolute Gasteiger partial charge is 0.497 e. The molecule has 6 rings (SSSR count). The van der Waals surface area contributed by atoms with Gasteiger partial charge in [0.25, 0.3) is 5.92 Å². The van der Waals surface area contributed by atoms with Crippen molar-refractivity contribution in [2.75, 3.05) is 26.9 Å². The van der Waals surface area contributed by atoms with E-state index in [-0.39, 0.29) is 50.1 Å². The van der Waals surface area contributed by atoms with E-state index < -0.39 is 59.5 Å². The molecular weight excluding hydrogens is 578 g/mol. The van der Waals surface area contributed by atoms with E-state index >= 15 is 8.78 Å². The molecule has 0 radical (unpaired) electrons. The molecule has 2 saturated heterocycles. The number of methoxy groups -OCH3 is 1. The number of aldehydes is 1. The Morgan fingerprint density at radius 1 is 1.16 bits per heavy atom. The maximum absolute atomic E-state index is 15.4. The van der Waals surface area contributed by atoms with E-state index in [2.05, 4.69) is 15.3 Å². The molecule has 3 fully saturated rings. The number of halogens is 2. The average Bonchev–Trinajstić information content (AvgIpc) is 3.47. The van der Waals surface area contributed by atoms with Crippen LogP contribution in [-0.2, 0) is 25.5 Å². The van der Waals surface area contributed by atoms with Crippen molar-refractivity contribution < 1.29 is 42.1 Å². The van der Waals surface area contributed by atoms with Gasteiger partial charge in [0, 0.05) is 29.7 Å². The molecule has 2 aromatic rings. The first-order valence-corrected chi connectivity index (χ1v) is 15.1. The molecule has 6 atom stereocenters. The zero-order chi connectivity index (χ0) is 31.4. The van der Waals surface area contributed by atoms with Crippen molar-refractivity contribution >= 4 is 29.3 Å². The molecule has 3 aliphatic heterocycles. The van der Waals surface area contributed by atoms with Crippen LogP contribution in [0.1, 0.15) is 52.1 Å². The molecule has 0 unspecified atom stereocenters. The van der Waals surface area contributed by atoms with Crippen LogP contribution in [0.2, 0.25) is 0 Å². The Morgan fingerprint density at radius 2 is 1.93 bits per heavy atom. The van der Waals surface area contributed by atoms with Gasteiger partial charge in [0.15, 0.2) is 0 Å². The summed E-state index contributed by atoms with van der Waals surface area (Å²) in [6.45, 7) is 5.82. The van der Waals surface area contributed by atoms with Crippen molar-refractivity contribution in [2.45, 2.75) is 82.6 Å². The van der Waals surface area contributed by atoms with Gasteiger partial charge in [-0.25, -0.2) is 23.5 Å². The zero-order valence-corrected chi connectivity index (χ0v) is 25.3. The van der Waals surface area contributed by atoms with E-state index in [4.69, 9.17) is 18.9 Å². The highest BCUT2D eigenvalue weighted by Crippen LogP contribution is 2.50. The summed E-state index contributed by atoms with van der Waals surface area (Å²) in [5.41, 5.74) is -0.712. The molecule has 1 aromatic carbocycles. The number of hydrogen-bond acceptors (Lipinski definition) is 9. The number of aromatic nitrogens is 2. The Balaban J connectivity index is 1.38. The number of alkyl halides is 2. The fourth-order valence-corrected chi connectivity index (χ4v) is 6.65. The summed E-state index contributed by atoms with van der Waals surface area (Å²) in [5.74, 6) is -3.73. The van der Waals surface area contributed by atoms with Gasteiger partial charge in [0.2, 0.25) is 11.8 Å². The molecule has 1 aliphatic carbocycles. The normalized spacial score (nSPS) is 33.3. The number of carbonyl (C=O) groups is 3. The molecule has 11 nitrogen and oxygen atoms in total. The highest BCUT2D eigenvalue weighted by Gasteiger charge is 2.56. The molecule has 1 aromatic heterocycles. The number of hydrogen-bond donors (Lipinski definition) is 1. The number of amides is 2. The van der Waals surface area contributed by atoms with Crippen LogP contribution in [0.5, 0.6) is 11.6 Å². The van der Waals surface area contributed by atoms with Crippen LogP contribution in [-0.4, -0.2) is 89.7 Å². The predicted molar refractivity (Wildman–Crippen MR) is 153 cm³/mol. The summed E-state index contributed by atoms with van der Waals surface area (Å²) in [6.07, 6.45) is -0.716. The zero-order valence-electron chi connectivity index (χ0n) is 25.3. The first-order chi connectivity index (χ1) is 20.8. The van der Waals surface area contributed by atoms with E-state index in [9.17, 15) is 14.4 Å². The van der Waals surface area contributed by atoms with Crippen LogP contribution in [0, 0.1) is 17.3 Å². The van der Waals surface area contributed by atoms with E-state index in [0.29, 0.717) is 35.9 Å². The highest BCUT2D eigenvalue weighted by atomic mass is 19.3. The first-order valence-electron chi connectivity index (χ1n) is 15.1.